The highest BCUT2D eigenvalue weighted by molar-refractivity contribution is 6.20. The highest BCUT2D eigenvalue weighted by atomic mass is 35.5. The molecule has 19 heavy (non-hydrogen) atoms. The molecule has 2 heterocycles. The van der Waals surface area contributed by atoms with Crippen LogP contribution in [0.15, 0.2) is 30.3 Å². The molecule has 101 valence electrons. The van der Waals surface area contributed by atoms with Crippen molar-refractivity contribution < 1.29 is 14.7 Å². The Morgan fingerprint density at radius 1 is 1.21 bits per heavy atom. The molecule has 1 aromatic carbocycles. The summed E-state index contributed by atoms with van der Waals surface area (Å²) in [6.45, 7) is 0. The summed E-state index contributed by atoms with van der Waals surface area (Å²) in [5.41, 5.74) is 0.517. The third kappa shape index (κ3) is 2.48. The van der Waals surface area contributed by atoms with Crippen molar-refractivity contribution in [2.24, 2.45) is 0 Å². The van der Waals surface area contributed by atoms with Gasteiger partial charge in [-0.1, -0.05) is 18.2 Å². The molecule has 2 fully saturated rings. The number of fused-ring (bicyclic) bond motifs is 2. The van der Waals surface area contributed by atoms with Crippen LogP contribution in [0.3, 0.4) is 0 Å². The van der Waals surface area contributed by atoms with E-state index in [-0.39, 0.29) is 29.5 Å². The molecule has 2 aliphatic heterocycles. The number of ether oxygens (including phenoxy) is 1. The van der Waals surface area contributed by atoms with E-state index in [1.807, 2.05) is 6.07 Å². The van der Waals surface area contributed by atoms with Gasteiger partial charge in [-0.15, -0.1) is 21.9 Å². The zero-order valence-electron chi connectivity index (χ0n) is 10.4. The lowest BCUT2D eigenvalue weighted by molar-refractivity contribution is -0.212. The van der Waals surface area contributed by atoms with Crippen molar-refractivity contribution in [3.05, 3.63) is 35.9 Å². The summed E-state index contributed by atoms with van der Waals surface area (Å²) in [5, 5.41) is 13.0. The molecule has 0 aliphatic carbocycles. The van der Waals surface area contributed by atoms with E-state index >= 15 is 0 Å². The molecule has 0 N–H and O–H groups in total. The van der Waals surface area contributed by atoms with Gasteiger partial charge in [0.1, 0.15) is 6.10 Å². The van der Waals surface area contributed by atoms with Gasteiger partial charge in [-0.25, -0.2) is 4.79 Å². The monoisotopic (exact) mass is 280 g/mol. The van der Waals surface area contributed by atoms with Gasteiger partial charge in [-0.2, -0.15) is 0 Å². The number of alkyl halides is 1. The number of benzene rings is 1. The van der Waals surface area contributed by atoms with E-state index in [0.29, 0.717) is 24.8 Å². The predicted octanol–water partition coefficient (Wildman–Crippen LogP) is 2.40. The second-order valence-corrected chi connectivity index (χ2v) is 5.81. The van der Waals surface area contributed by atoms with Crippen molar-refractivity contribution in [1.82, 2.24) is 5.06 Å². The Bertz CT molecular complexity index is 467. The van der Waals surface area contributed by atoms with Crippen molar-refractivity contribution in [2.45, 2.75) is 42.8 Å². The number of hydrogen-bond donors (Lipinski definition) is 0. The van der Waals surface area contributed by atoms with Gasteiger partial charge in [0.05, 0.1) is 11.6 Å². The van der Waals surface area contributed by atoms with Crippen molar-refractivity contribution in [3.63, 3.8) is 0 Å². The Labute approximate surface area is 116 Å². The summed E-state index contributed by atoms with van der Waals surface area (Å²) in [6.07, 6.45) is 1.53. The van der Waals surface area contributed by atoms with E-state index in [0.717, 1.165) is 5.06 Å². The smallest absolute Gasteiger partial charge is 0.338 e. The maximum absolute atomic E-state index is 12.0. The molecule has 4 nitrogen and oxygen atoms in total. The average molecular weight is 281 g/mol. The highest BCUT2D eigenvalue weighted by Gasteiger charge is 2.48. The van der Waals surface area contributed by atoms with Crippen molar-refractivity contribution in [3.8, 4) is 0 Å². The van der Waals surface area contributed by atoms with Crippen LogP contribution in [-0.4, -0.2) is 34.6 Å². The lowest BCUT2D eigenvalue weighted by Gasteiger charge is -2.30. The zero-order valence-corrected chi connectivity index (χ0v) is 11.1. The van der Waals surface area contributed by atoms with Crippen molar-refractivity contribution in [1.29, 1.82) is 0 Å². The molecule has 0 aromatic heterocycles. The summed E-state index contributed by atoms with van der Waals surface area (Å²) >= 11 is 6.12. The van der Waals surface area contributed by atoms with E-state index in [1.54, 1.807) is 24.3 Å². The van der Waals surface area contributed by atoms with Crippen molar-refractivity contribution >= 4 is 17.6 Å². The van der Waals surface area contributed by atoms with E-state index < -0.39 is 0 Å². The minimum Gasteiger partial charge on any atom is -0.457 e. The van der Waals surface area contributed by atoms with Crippen LogP contribution in [0.25, 0.3) is 0 Å². The predicted molar refractivity (Wildman–Crippen MR) is 69.2 cm³/mol. The highest BCUT2D eigenvalue weighted by Crippen LogP contribution is 2.38. The standard InChI is InChI=1S/C14H15ClNO3/c15-10-6-11-8-13(12(7-10)16(11)18)19-14(17)9-4-2-1-3-5-9/h1-5,10-13H,6-8H2/t10-,11+,12-,13+/m0/s1. The first-order valence-electron chi connectivity index (χ1n) is 6.50. The molecule has 1 aromatic rings. The second-order valence-electron chi connectivity index (χ2n) is 5.20. The van der Waals surface area contributed by atoms with E-state index in [4.69, 9.17) is 16.3 Å². The summed E-state index contributed by atoms with van der Waals surface area (Å²) in [5.74, 6) is -0.363. The summed E-state index contributed by atoms with van der Waals surface area (Å²) in [7, 11) is 0. The van der Waals surface area contributed by atoms with Gasteiger partial charge in [0.15, 0.2) is 0 Å². The number of hydroxylamine groups is 2. The van der Waals surface area contributed by atoms with Crippen LogP contribution in [0, 0.1) is 0 Å². The van der Waals surface area contributed by atoms with Gasteiger partial charge in [-0.3, -0.25) is 0 Å². The van der Waals surface area contributed by atoms with Gasteiger partial charge in [-0.05, 0) is 25.0 Å². The molecule has 3 rings (SSSR count). The topological polar surface area (TPSA) is 49.4 Å². The Kier molecular flexibility index (Phi) is 3.48. The van der Waals surface area contributed by atoms with Crippen LogP contribution in [0.4, 0.5) is 0 Å². The molecular weight excluding hydrogens is 266 g/mol. The third-order valence-electron chi connectivity index (χ3n) is 3.91. The third-order valence-corrected chi connectivity index (χ3v) is 4.27. The van der Waals surface area contributed by atoms with Gasteiger partial charge in [0.2, 0.25) is 0 Å². The number of halogens is 1. The molecule has 4 atom stereocenters. The van der Waals surface area contributed by atoms with E-state index in [2.05, 4.69) is 0 Å². The van der Waals surface area contributed by atoms with Crippen LogP contribution >= 0.6 is 11.6 Å². The lowest BCUT2D eigenvalue weighted by atomic mass is 10.0. The van der Waals surface area contributed by atoms with Gasteiger partial charge >= 0.3 is 5.97 Å². The van der Waals surface area contributed by atoms with Crippen LogP contribution in [0.1, 0.15) is 29.6 Å². The van der Waals surface area contributed by atoms with E-state index in [9.17, 15) is 10.0 Å². The SMILES string of the molecule is [O]N1[C@@H]2C[C@H](Cl)C[C@H]1[C@H](OC(=O)c1ccccc1)C2. The maximum Gasteiger partial charge on any atom is 0.338 e. The minimum absolute atomic E-state index is 0.0145. The normalized spacial score (nSPS) is 34.2. The van der Waals surface area contributed by atoms with Crippen molar-refractivity contribution in [2.75, 3.05) is 0 Å². The van der Waals surface area contributed by atoms with Gasteiger partial charge < -0.3 is 4.74 Å². The Hall–Kier alpha value is -1.10. The summed E-state index contributed by atoms with van der Waals surface area (Å²) in [6, 6.07) is 8.46. The quantitative estimate of drug-likeness (QED) is 0.617. The first-order valence-corrected chi connectivity index (χ1v) is 6.94. The fraction of sp³-hybridized carbons (Fsp3) is 0.500. The Morgan fingerprint density at radius 2 is 1.95 bits per heavy atom. The Balaban J connectivity index is 1.70. The van der Waals surface area contributed by atoms with Crippen LogP contribution < -0.4 is 0 Å². The summed E-state index contributed by atoms with van der Waals surface area (Å²) < 4.78 is 5.49. The minimum atomic E-state index is -0.363. The number of rotatable bonds is 2. The molecule has 0 saturated carbocycles. The molecule has 0 spiro atoms. The number of hydrogen-bond acceptors (Lipinski definition) is 3. The van der Waals surface area contributed by atoms with Gasteiger partial charge in [0.25, 0.3) is 0 Å². The van der Waals surface area contributed by atoms with Crippen LogP contribution in [-0.2, 0) is 9.94 Å². The lowest BCUT2D eigenvalue weighted by Crippen LogP contribution is -2.43. The first-order chi connectivity index (χ1) is 9.15. The number of carbonyl (C=O) groups excluding carboxylic acids is 1. The molecule has 1 radical (unpaired) electrons. The zero-order chi connectivity index (χ0) is 13.4. The van der Waals surface area contributed by atoms with E-state index in [1.165, 1.54) is 0 Å². The molecule has 2 bridgehead atoms. The average Bonchev–Trinajstić information content (AvgIpc) is 2.60. The Morgan fingerprint density at radius 3 is 2.68 bits per heavy atom. The molecule has 2 aliphatic rings. The summed E-state index contributed by atoms with van der Waals surface area (Å²) in [4.78, 5) is 12.0. The molecule has 0 amide bonds. The molecule has 2 saturated heterocycles. The number of carbonyl (C=O) groups is 1. The first kappa shape index (κ1) is 12.9. The molecular formula is C14H15ClNO3. The number of piperidine rings is 1. The second kappa shape index (κ2) is 5.12. The maximum atomic E-state index is 12.0. The molecule has 5 heteroatoms. The largest absolute Gasteiger partial charge is 0.457 e. The van der Waals surface area contributed by atoms with Gasteiger partial charge in [0, 0.05) is 17.8 Å². The fourth-order valence-electron chi connectivity index (χ4n) is 2.98. The number of esters is 1. The van der Waals surface area contributed by atoms with Crippen LogP contribution in [0.2, 0.25) is 0 Å². The number of nitrogens with zero attached hydrogens (tertiary/aromatic N) is 1. The van der Waals surface area contributed by atoms with Crippen LogP contribution in [0.5, 0.6) is 0 Å². The molecule has 0 unspecified atom stereocenters. The fourth-order valence-corrected chi connectivity index (χ4v) is 3.37.